The molecule has 1 rings (SSSR count). The fraction of sp³-hybridized carbons (Fsp3) is 0.706. The molecule has 3 amide bonds. The smallest absolute Gasteiger partial charge is 0.326 e. The highest BCUT2D eigenvalue weighted by Gasteiger charge is 2.38. The summed E-state index contributed by atoms with van der Waals surface area (Å²) >= 11 is 4.00. The second-order valence-corrected chi connectivity index (χ2v) is 7.40. The second kappa shape index (κ2) is 11.7. The van der Waals surface area contributed by atoms with Gasteiger partial charge in [0.05, 0.1) is 6.10 Å². The van der Waals surface area contributed by atoms with Gasteiger partial charge in [0, 0.05) is 18.7 Å². The third-order valence-electron chi connectivity index (χ3n) is 4.72. The van der Waals surface area contributed by atoms with E-state index in [1.807, 2.05) is 0 Å². The summed E-state index contributed by atoms with van der Waals surface area (Å²) in [5.74, 6) is -4.84. The first kappa shape index (κ1) is 25.7. The van der Waals surface area contributed by atoms with Crippen molar-refractivity contribution in [3.05, 3.63) is 0 Å². The van der Waals surface area contributed by atoms with Crippen LogP contribution in [-0.2, 0) is 24.0 Å². The van der Waals surface area contributed by atoms with E-state index in [0.29, 0.717) is 12.8 Å². The van der Waals surface area contributed by atoms with Crippen LogP contribution in [0.15, 0.2) is 0 Å². The Morgan fingerprint density at radius 3 is 2.30 bits per heavy atom. The number of hydrogen-bond donors (Lipinski definition) is 7. The minimum absolute atomic E-state index is 0.156. The van der Waals surface area contributed by atoms with Crippen LogP contribution in [0.2, 0.25) is 0 Å². The van der Waals surface area contributed by atoms with E-state index in [1.54, 1.807) is 0 Å². The summed E-state index contributed by atoms with van der Waals surface area (Å²) < 4.78 is 0. The van der Waals surface area contributed by atoms with Crippen LogP contribution in [0.5, 0.6) is 0 Å². The van der Waals surface area contributed by atoms with Crippen LogP contribution in [-0.4, -0.2) is 92.4 Å². The van der Waals surface area contributed by atoms with Gasteiger partial charge in [-0.1, -0.05) is 0 Å². The molecular formula is C17H28N4O8S. The third kappa shape index (κ3) is 7.15. The summed E-state index contributed by atoms with van der Waals surface area (Å²) in [6, 6.07) is -4.72. The van der Waals surface area contributed by atoms with Gasteiger partial charge in [-0.2, -0.15) is 12.6 Å². The van der Waals surface area contributed by atoms with Gasteiger partial charge < -0.3 is 36.6 Å². The molecule has 0 aromatic carbocycles. The van der Waals surface area contributed by atoms with Gasteiger partial charge in [-0.15, -0.1) is 0 Å². The monoisotopic (exact) mass is 448 g/mol. The summed E-state index contributed by atoms with van der Waals surface area (Å²) in [5.41, 5.74) is 5.66. The maximum atomic E-state index is 12.6. The van der Waals surface area contributed by atoms with Crippen molar-refractivity contribution in [3.8, 4) is 0 Å². The fourth-order valence-electron chi connectivity index (χ4n) is 2.96. The molecule has 170 valence electrons. The van der Waals surface area contributed by atoms with Crippen molar-refractivity contribution in [3.63, 3.8) is 0 Å². The van der Waals surface area contributed by atoms with Gasteiger partial charge in [-0.25, -0.2) is 4.79 Å². The Morgan fingerprint density at radius 2 is 1.80 bits per heavy atom. The average molecular weight is 448 g/mol. The van der Waals surface area contributed by atoms with E-state index in [9.17, 15) is 29.1 Å². The number of rotatable bonds is 11. The molecule has 0 saturated carbocycles. The Kier molecular flexibility index (Phi) is 10.0. The molecule has 1 aliphatic rings. The number of aliphatic hydroxyl groups excluding tert-OH is 1. The van der Waals surface area contributed by atoms with Crippen molar-refractivity contribution in [1.82, 2.24) is 15.5 Å². The van der Waals surface area contributed by atoms with Gasteiger partial charge in [0.1, 0.15) is 24.2 Å². The lowest BCUT2D eigenvalue weighted by atomic mass is 10.1. The van der Waals surface area contributed by atoms with Crippen LogP contribution in [0, 0.1) is 0 Å². The number of carbonyl (C=O) groups is 5. The lowest BCUT2D eigenvalue weighted by Crippen LogP contribution is -2.58. The normalized spacial score (nSPS) is 20.0. The predicted molar refractivity (Wildman–Crippen MR) is 107 cm³/mol. The molecule has 0 aliphatic carbocycles. The van der Waals surface area contributed by atoms with Crippen LogP contribution in [0.3, 0.4) is 0 Å². The van der Waals surface area contributed by atoms with Crippen molar-refractivity contribution in [2.75, 3.05) is 12.3 Å². The molecule has 1 heterocycles. The second-order valence-electron chi connectivity index (χ2n) is 7.03. The Hall–Kier alpha value is -2.38. The molecule has 12 nitrogen and oxygen atoms in total. The van der Waals surface area contributed by atoms with E-state index in [1.165, 1.54) is 11.8 Å². The van der Waals surface area contributed by atoms with Gasteiger partial charge in [0.25, 0.3) is 0 Å². The summed E-state index contributed by atoms with van der Waals surface area (Å²) in [6.07, 6.45) is -1.02. The Bertz CT molecular complexity index is 674. The lowest BCUT2D eigenvalue weighted by Gasteiger charge is -2.29. The van der Waals surface area contributed by atoms with Crippen molar-refractivity contribution < 1.29 is 39.3 Å². The van der Waals surface area contributed by atoms with Gasteiger partial charge in [0.15, 0.2) is 0 Å². The maximum absolute atomic E-state index is 12.6. The molecule has 7 N–H and O–H groups in total. The Morgan fingerprint density at radius 1 is 1.17 bits per heavy atom. The van der Waals surface area contributed by atoms with Crippen molar-refractivity contribution >= 4 is 42.3 Å². The van der Waals surface area contributed by atoms with E-state index < -0.39 is 66.4 Å². The summed E-state index contributed by atoms with van der Waals surface area (Å²) in [7, 11) is 0. The Labute approximate surface area is 178 Å². The first-order chi connectivity index (χ1) is 14.0. The van der Waals surface area contributed by atoms with E-state index in [0.717, 1.165) is 0 Å². The number of nitrogens with zero attached hydrogens (tertiary/aromatic N) is 1. The molecule has 0 spiro atoms. The molecule has 0 radical (unpaired) electrons. The number of thiol groups is 1. The quantitative estimate of drug-likeness (QED) is 0.167. The van der Waals surface area contributed by atoms with Crippen LogP contribution in [0.25, 0.3) is 0 Å². The first-order valence-electron chi connectivity index (χ1n) is 9.39. The summed E-state index contributed by atoms with van der Waals surface area (Å²) in [4.78, 5) is 60.5. The standard InChI is InChI=1S/C17H28N4O8S/c1-8(22)13(18)16(27)21-6-2-3-11(21)15(26)20-10(7-30)14(25)19-9(17(28)29)4-5-12(23)24/h8-11,13,22,30H,2-7,18H2,1H3,(H,19,25)(H,20,26)(H,23,24)(H,28,29). The first-order valence-corrected chi connectivity index (χ1v) is 10.0. The number of carbonyl (C=O) groups excluding carboxylic acids is 3. The Balaban J connectivity index is 2.78. The minimum atomic E-state index is -1.44. The zero-order chi connectivity index (χ0) is 23.0. The zero-order valence-electron chi connectivity index (χ0n) is 16.5. The van der Waals surface area contributed by atoms with Crippen molar-refractivity contribution in [2.24, 2.45) is 5.73 Å². The van der Waals surface area contributed by atoms with Crippen LogP contribution in [0.4, 0.5) is 0 Å². The van der Waals surface area contributed by atoms with Gasteiger partial charge in [-0.3, -0.25) is 19.2 Å². The highest BCUT2D eigenvalue weighted by atomic mass is 32.1. The van der Waals surface area contributed by atoms with Crippen LogP contribution in [0.1, 0.15) is 32.6 Å². The molecule has 13 heteroatoms. The van der Waals surface area contributed by atoms with Gasteiger partial charge >= 0.3 is 11.9 Å². The molecule has 1 fully saturated rings. The molecule has 0 bridgehead atoms. The number of aliphatic carboxylic acids is 2. The molecule has 1 saturated heterocycles. The number of aliphatic hydroxyl groups is 1. The number of nitrogens with two attached hydrogens (primary N) is 1. The molecule has 1 aliphatic heterocycles. The number of nitrogens with one attached hydrogen (secondary N) is 2. The number of likely N-dealkylation sites (tertiary alicyclic amines) is 1. The third-order valence-corrected chi connectivity index (χ3v) is 5.09. The SMILES string of the molecule is CC(O)C(N)C(=O)N1CCCC1C(=O)NC(CS)C(=O)NC(CCC(=O)O)C(=O)O. The molecule has 0 aromatic heterocycles. The number of carboxylic acids is 2. The van der Waals surface area contributed by atoms with Crippen molar-refractivity contribution in [2.45, 2.75) is 62.9 Å². The molecular weight excluding hydrogens is 420 g/mol. The molecule has 30 heavy (non-hydrogen) atoms. The largest absolute Gasteiger partial charge is 0.481 e. The number of hydrogen-bond acceptors (Lipinski definition) is 8. The predicted octanol–water partition coefficient (Wildman–Crippen LogP) is -2.47. The maximum Gasteiger partial charge on any atom is 0.326 e. The molecule has 5 atom stereocenters. The highest BCUT2D eigenvalue weighted by Crippen LogP contribution is 2.19. The molecule has 0 aromatic rings. The van der Waals surface area contributed by atoms with E-state index in [-0.39, 0.29) is 18.7 Å². The number of amides is 3. The fourth-order valence-corrected chi connectivity index (χ4v) is 3.22. The number of carboxylic acid groups (broad SMARTS) is 2. The lowest BCUT2D eigenvalue weighted by molar-refractivity contribution is -0.144. The van der Waals surface area contributed by atoms with Gasteiger partial charge in [0.2, 0.25) is 17.7 Å². The van der Waals surface area contributed by atoms with Crippen molar-refractivity contribution in [1.29, 1.82) is 0 Å². The summed E-state index contributed by atoms with van der Waals surface area (Å²) in [5, 5.41) is 32.0. The van der Waals surface area contributed by atoms with E-state index in [4.69, 9.17) is 15.9 Å². The van der Waals surface area contributed by atoms with Crippen LogP contribution >= 0.6 is 12.6 Å². The van der Waals surface area contributed by atoms with Gasteiger partial charge in [-0.05, 0) is 26.2 Å². The van der Waals surface area contributed by atoms with E-state index in [2.05, 4.69) is 23.3 Å². The van der Waals surface area contributed by atoms with Crippen LogP contribution < -0.4 is 16.4 Å². The summed E-state index contributed by atoms with van der Waals surface area (Å²) in [6.45, 7) is 1.63. The molecule has 5 unspecified atom stereocenters. The van der Waals surface area contributed by atoms with E-state index >= 15 is 0 Å². The highest BCUT2D eigenvalue weighted by molar-refractivity contribution is 7.80. The zero-order valence-corrected chi connectivity index (χ0v) is 17.4. The minimum Gasteiger partial charge on any atom is -0.481 e. The topological polar surface area (TPSA) is 199 Å². The average Bonchev–Trinajstić information content (AvgIpc) is 3.17.